The average Bonchev–Trinajstić information content (AvgIpc) is 3.17. The number of anilines is 1. The molecule has 0 radical (unpaired) electrons. The van der Waals surface area contributed by atoms with Gasteiger partial charge in [0.05, 0.1) is 24.7 Å². The molecular weight excluding hydrogens is 378 g/mol. The Hall–Kier alpha value is -3.07. The highest BCUT2D eigenvalue weighted by atomic mass is 32.2. The van der Waals surface area contributed by atoms with E-state index in [2.05, 4.69) is 20.8 Å². The van der Waals surface area contributed by atoms with Crippen LogP contribution >= 0.6 is 11.8 Å². The first kappa shape index (κ1) is 19.7. The van der Waals surface area contributed by atoms with Crippen molar-refractivity contribution in [1.82, 2.24) is 20.2 Å². The van der Waals surface area contributed by atoms with E-state index in [1.54, 1.807) is 11.8 Å². The van der Waals surface area contributed by atoms with Crippen LogP contribution in [-0.4, -0.2) is 45.1 Å². The van der Waals surface area contributed by atoms with Crippen LogP contribution < -0.4 is 14.8 Å². The summed E-state index contributed by atoms with van der Waals surface area (Å²) in [5.74, 6) is 1.37. The third kappa shape index (κ3) is 4.80. The van der Waals surface area contributed by atoms with Gasteiger partial charge in [-0.1, -0.05) is 11.8 Å². The first-order chi connectivity index (χ1) is 13.6. The number of hydrogen-bond acceptors (Lipinski definition) is 7. The maximum atomic E-state index is 12.5. The number of benzene rings is 2. The van der Waals surface area contributed by atoms with E-state index in [-0.39, 0.29) is 5.91 Å². The zero-order valence-electron chi connectivity index (χ0n) is 15.8. The number of amides is 1. The van der Waals surface area contributed by atoms with Crippen LogP contribution in [0.1, 0.15) is 13.8 Å². The van der Waals surface area contributed by atoms with Crippen LogP contribution in [0.2, 0.25) is 0 Å². The van der Waals surface area contributed by atoms with Crippen molar-refractivity contribution in [1.29, 1.82) is 0 Å². The van der Waals surface area contributed by atoms with Gasteiger partial charge >= 0.3 is 0 Å². The van der Waals surface area contributed by atoms with E-state index in [9.17, 15) is 4.79 Å². The summed E-state index contributed by atoms with van der Waals surface area (Å²) >= 11 is 1.28. The number of ether oxygens (including phenoxy) is 2. The predicted octanol–water partition coefficient (Wildman–Crippen LogP) is 3.19. The molecule has 0 saturated carbocycles. The molecule has 28 heavy (non-hydrogen) atoms. The molecule has 1 N–H and O–H groups in total. The molecule has 1 aromatic heterocycles. The summed E-state index contributed by atoms with van der Waals surface area (Å²) in [5.41, 5.74) is 1.49. The molecule has 0 unspecified atom stereocenters. The van der Waals surface area contributed by atoms with E-state index in [1.807, 2.05) is 62.4 Å². The molecule has 0 aliphatic rings. The summed E-state index contributed by atoms with van der Waals surface area (Å²) in [7, 11) is 1.61. The van der Waals surface area contributed by atoms with Gasteiger partial charge in [0.2, 0.25) is 11.1 Å². The number of thioether (sulfide) groups is 1. The molecule has 1 atom stereocenters. The second kappa shape index (κ2) is 9.23. The topological polar surface area (TPSA) is 91.2 Å². The Kier molecular flexibility index (Phi) is 6.49. The summed E-state index contributed by atoms with van der Waals surface area (Å²) in [6.07, 6.45) is 0. The third-order valence-corrected chi connectivity index (χ3v) is 4.88. The van der Waals surface area contributed by atoms with Crippen molar-refractivity contribution in [2.45, 2.75) is 24.3 Å². The number of aromatic nitrogens is 4. The number of nitrogens with one attached hydrogen (secondary N) is 1. The van der Waals surface area contributed by atoms with Gasteiger partial charge in [-0.15, -0.1) is 5.10 Å². The smallest absolute Gasteiger partial charge is 0.237 e. The second-order valence-corrected chi connectivity index (χ2v) is 7.09. The van der Waals surface area contributed by atoms with E-state index >= 15 is 0 Å². The van der Waals surface area contributed by atoms with E-state index in [0.29, 0.717) is 17.5 Å². The van der Waals surface area contributed by atoms with E-state index < -0.39 is 5.25 Å². The minimum atomic E-state index is -0.394. The molecule has 146 valence electrons. The first-order valence-corrected chi connectivity index (χ1v) is 9.62. The summed E-state index contributed by atoms with van der Waals surface area (Å²) in [5, 5.41) is 14.8. The Balaban J connectivity index is 1.65. The number of hydrogen-bond donors (Lipinski definition) is 1. The zero-order chi connectivity index (χ0) is 19.9. The van der Waals surface area contributed by atoms with Gasteiger partial charge in [0.25, 0.3) is 0 Å². The second-order valence-electron chi connectivity index (χ2n) is 5.78. The molecule has 3 rings (SSSR count). The fourth-order valence-electron chi connectivity index (χ4n) is 2.39. The Bertz CT molecular complexity index is 912. The minimum Gasteiger partial charge on any atom is -0.497 e. The van der Waals surface area contributed by atoms with E-state index in [1.165, 1.54) is 11.8 Å². The van der Waals surface area contributed by atoms with Crippen molar-refractivity contribution in [3.05, 3.63) is 48.5 Å². The number of tetrazole rings is 1. The molecule has 0 spiro atoms. The zero-order valence-corrected chi connectivity index (χ0v) is 16.6. The number of nitrogens with zero attached hydrogens (tertiary/aromatic N) is 4. The molecule has 2 aromatic carbocycles. The van der Waals surface area contributed by atoms with Gasteiger partial charge in [0.15, 0.2) is 0 Å². The molecule has 1 amide bonds. The van der Waals surface area contributed by atoms with Crippen molar-refractivity contribution in [3.63, 3.8) is 0 Å². The van der Waals surface area contributed by atoms with Crippen molar-refractivity contribution >= 4 is 23.4 Å². The van der Waals surface area contributed by atoms with E-state index in [0.717, 1.165) is 17.2 Å². The van der Waals surface area contributed by atoms with Crippen LogP contribution in [0.15, 0.2) is 53.7 Å². The molecule has 0 aliphatic carbocycles. The molecule has 8 nitrogen and oxygen atoms in total. The summed E-state index contributed by atoms with van der Waals surface area (Å²) in [6.45, 7) is 4.33. The lowest BCUT2D eigenvalue weighted by Gasteiger charge is -2.12. The summed E-state index contributed by atoms with van der Waals surface area (Å²) in [6, 6.07) is 14.6. The van der Waals surface area contributed by atoms with Crippen LogP contribution in [0.3, 0.4) is 0 Å². The van der Waals surface area contributed by atoms with Crippen molar-refractivity contribution in [2.75, 3.05) is 19.0 Å². The quantitative estimate of drug-likeness (QED) is 0.582. The Morgan fingerprint density at radius 2 is 1.82 bits per heavy atom. The van der Waals surface area contributed by atoms with Crippen molar-refractivity contribution in [2.24, 2.45) is 0 Å². The Labute approximate surface area is 167 Å². The SMILES string of the molecule is CCOc1ccc(NC(=O)[C@@H](C)Sc2nnnn2-c2ccc(OC)cc2)cc1. The van der Waals surface area contributed by atoms with Gasteiger partial charge < -0.3 is 14.8 Å². The van der Waals surface area contributed by atoms with Crippen LogP contribution in [0.4, 0.5) is 5.69 Å². The van der Waals surface area contributed by atoms with Crippen LogP contribution in [0, 0.1) is 0 Å². The standard InChI is InChI=1S/C19H21N5O3S/c1-4-27-17-9-5-14(6-10-17)20-18(25)13(2)28-19-21-22-23-24(19)15-7-11-16(26-3)12-8-15/h5-13H,4H2,1-3H3,(H,20,25)/t13-/m1/s1. The molecule has 0 saturated heterocycles. The molecule has 0 fully saturated rings. The molecular formula is C19H21N5O3S. The highest BCUT2D eigenvalue weighted by molar-refractivity contribution is 8.00. The maximum absolute atomic E-state index is 12.5. The van der Waals surface area contributed by atoms with Crippen molar-refractivity contribution < 1.29 is 14.3 Å². The molecule has 0 aliphatic heterocycles. The molecule has 9 heteroatoms. The van der Waals surface area contributed by atoms with Gasteiger partial charge in [-0.3, -0.25) is 4.79 Å². The minimum absolute atomic E-state index is 0.140. The number of methoxy groups -OCH3 is 1. The number of carbonyl (C=O) groups excluding carboxylic acids is 1. The number of rotatable bonds is 8. The van der Waals surface area contributed by atoms with Gasteiger partial charge in [-0.2, -0.15) is 4.68 Å². The lowest BCUT2D eigenvalue weighted by Crippen LogP contribution is -2.22. The van der Waals surface area contributed by atoms with Gasteiger partial charge in [-0.25, -0.2) is 0 Å². The number of carbonyl (C=O) groups is 1. The largest absolute Gasteiger partial charge is 0.497 e. The van der Waals surface area contributed by atoms with Gasteiger partial charge in [-0.05, 0) is 72.8 Å². The predicted molar refractivity (Wildman–Crippen MR) is 107 cm³/mol. The molecule has 0 bridgehead atoms. The Morgan fingerprint density at radius 3 is 2.46 bits per heavy atom. The fourth-order valence-corrected chi connectivity index (χ4v) is 3.20. The first-order valence-electron chi connectivity index (χ1n) is 8.74. The highest BCUT2D eigenvalue weighted by Gasteiger charge is 2.19. The normalized spacial score (nSPS) is 11.7. The molecule has 1 heterocycles. The van der Waals surface area contributed by atoms with Gasteiger partial charge in [0.1, 0.15) is 11.5 Å². The van der Waals surface area contributed by atoms with E-state index in [4.69, 9.17) is 9.47 Å². The molecule has 3 aromatic rings. The summed E-state index contributed by atoms with van der Waals surface area (Å²) in [4.78, 5) is 12.5. The average molecular weight is 399 g/mol. The fraction of sp³-hybridized carbons (Fsp3) is 0.263. The lowest BCUT2D eigenvalue weighted by atomic mass is 10.3. The van der Waals surface area contributed by atoms with Crippen LogP contribution in [-0.2, 0) is 4.79 Å². The Morgan fingerprint density at radius 1 is 1.14 bits per heavy atom. The monoisotopic (exact) mass is 399 g/mol. The highest BCUT2D eigenvalue weighted by Crippen LogP contribution is 2.25. The van der Waals surface area contributed by atoms with Crippen molar-refractivity contribution in [3.8, 4) is 17.2 Å². The maximum Gasteiger partial charge on any atom is 0.237 e. The van der Waals surface area contributed by atoms with Gasteiger partial charge in [0, 0.05) is 5.69 Å². The van der Waals surface area contributed by atoms with Crippen LogP contribution in [0.5, 0.6) is 11.5 Å². The summed E-state index contributed by atoms with van der Waals surface area (Å²) < 4.78 is 12.2. The lowest BCUT2D eigenvalue weighted by molar-refractivity contribution is -0.115. The van der Waals surface area contributed by atoms with Crippen LogP contribution in [0.25, 0.3) is 5.69 Å². The third-order valence-electron chi connectivity index (χ3n) is 3.84.